The molecule has 0 bridgehead atoms. The Bertz CT molecular complexity index is 278. The Kier molecular flexibility index (Phi) is 2.81. The maximum absolute atomic E-state index is 12.1. The first-order chi connectivity index (χ1) is 5.65. The van der Waals surface area contributed by atoms with Crippen molar-refractivity contribution in [2.75, 3.05) is 5.73 Å². The van der Waals surface area contributed by atoms with E-state index in [2.05, 4.69) is 4.98 Å². The number of nitrogens with zero attached hydrogens (tertiary/aromatic N) is 1. The van der Waals surface area contributed by atoms with Crippen LogP contribution in [0.1, 0.15) is 17.8 Å². The van der Waals surface area contributed by atoms with E-state index < -0.39 is 6.43 Å². The molecule has 2 nitrogen and oxygen atoms in total. The Labute approximate surface area is 73.4 Å². The minimum atomic E-state index is -2.58. The summed E-state index contributed by atoms with van der Waals surface area (Å²) < 4.78 is 24.1. The normalized spacial score (nSPS) is 10.7. The molecular formula is C7H7ClF2N2. The fourth-order valence-electron chi connectivity index (χ4n) is 0.758. The van der Waals surface area contributed by atoms with Gasteiger partial charge in [0.1, 0.15) is 5.69 Å². The molecule has 2 N–H and O–H groups in total. The molecule has 0 unspecified atom stereocenters. The van der Waals surface area contributed by atoms with Crippen molar-refractivity contribution in [2.45, 2.75) is 12.3 Å². The van der Waals surface area contributed by atoms with Crippen LogP contribution in [-0.2, 0) is 5.88 Å². The van der Waals surface area contributed by atoms with Gasteiger partial charge in [-0.1, -0.05) is 0 Å². The Balaban J connectivity index is 3.05. The number of aromatic nitrogens is 1. The summed E-state index contributed by atoms with van der Waals surface area (Å²) in [6.45, 7) is 0. The first-order valence-corrected chi connectivity index (χ1v) is 3.78. The SMILES string of the molecule is Nc1ccc(C(F)F)nc1CCl. The standard InChI is InChI=1S/C7H7ClF2N2/c8-3-6-4(11)1-2-5(12-6)7(9)10/h1-2,7H,3,11H2. The van der Waals surface area contributed by atoms with Crippen LogP contribution in [0.5, 0.6) is 0 Å². The van der Waals surface area contributed by atoms with Gasteiger partial charge in [-0.15, -0.1) is 11.6 Å². The van der Waals surface area contributed by atoms with Gasteiger partial charge >= 0.3 is 0 Å². The van der Waals surface area contributed by atoms with Crippen LogP contribution < -0.4 is 5.73 Å². The lowest BCUT2D eigenvalue weighted by Crippen LogP contribution is -1.99. The van der Waals surface area contributed by atoms with Crippen LogP contribution in [0.15, 0.2) is 12.1 Å². The van der Waals surface area contributed by atoms with E-state index in [1.807, 2.05) is 0 Å². The fourth-order valence-corrected chi connectivity index (χ4v) is 0.972. The van der Waals surface area contributed by atoms with Crippen LogP contribution in [0.2, 0.25) is 0 Å². The lowest BCUT2D eigenvalue weighted by Gasteiger charge is -2.03. The second-order valence-corrected chi connectivity index (χ2v) is 2.47. The number of nitrogens with two attached hydrogens (primary N) is 1. The van der Waals surface area contributed by atoms with Crippen LogP contribution in [0, 0.1) is 0 Å². The predicted octanol–water partition coefficient (Wildman–Crippen LogP) is 2.34. The third-order valence-electron chi connectivity index (χ3n) is 1.38. The van der Waals surface area contributed by atoms with E-state index in [1.54, 1.807) is 0 Å². The second kappa shape index (κ2) is 3.67. The van der Waals surface area contributed by atoms with Gasteiger partial charge in [0, 0.05) is 0 Å². The van der Waals surface area contributed by atoms with Gasteiger partial charge in [-0.05, 0) is 12.1 Å². The van der Waals surface area contributed by atoms with Gasteiger partial charge < -0.3 is 5.73 Å². The molecular weight excluding hydrogens is 186 g/mol. The van der Waals surface area contributed by atoms with Gasteiger partial charge in [0.25, 0.3) is 6.43 Å². The molecule has 1 aromatic rings. The van der Waals surface area contributed by atoms with Crippen molar-refractivity contribution in [1.82, 2.24) is 4.98 Å². The van der Waals surface area contributed by atoms with Crippen molar-refractivity contribution in [2.24, 2.45) is 0 Å². The summed E-state index contributed by atoms with van der Waals surface area (Å²) >= 11 is 5.42. The number of hydrogen-bond acceptors (Lipinski definition) is 2. The van der Waals surface area contributed by atoms with Crippen LogP contribution in [0.4, 0.5) is 14.5 Å². The van der Waals surface area contributed by atoms with Crippen molar-refractivity contribution in [3.8, 4) is 0 Å². The number of pyridine rings is 1. The van der Waals surface area contributed by atoms with Crippen LogP contribution in [0.25, 0.3) is 0 Å². The molecule has 0 aromatic carbocycles. The molecule has 0 radical (unpaired) electrons. The Morgan fingerprint density at radius 2 is 2.17 bits per heavy atom. The molecule has 0 fully saturated rings. The summed E-state index contributed by atoms with van der Waals surface area (Å²) in [5, 5.41) is 0. The average Bonchev–Trinajstić information content (AvgIpc) is 2.05. The quantitative estimate of drug-likeness (QED) is 0.731. The van der Waals surface area contributed by atoms with E-state index in [1.165, 1.54) is 12.1 Å². The molecule has 0 saturated carbocycles. The number of halogens is 3. The lowest BCUT2D eigenvalue weighted by molar-refractivity contribution is 0.146. The van der Waals surface area contributed by atoms with E-state index in [4.69, 9.17) is 17.3 Å². The summed E-state index contributed by atoms with van der Waals surface area (Å²) in [4.78, 5) is 3.58. The van der Waals surface area contributed by atoms with E-state index in [0.29, 0.717) is 11.4 Å². The molecule has 1 rings (SSSR count). The zero-order chi connectivity index (χ0) is 9.14. The second-order valence-electron chi connectivity index (χ2n) is 2.21. The topological polar surface area (TPSA) is 38.9 Å². The zero-order valence-corrected chi connectivity index (χ0v) is 6.85. The molecule has 5 heteroatoms. The highest BCUT2D eigenvalue weighted by Crippen LogP contribution is 2.20. The molecule has 0 aliphatic heterocycles. The Morgan fingerprint density at radius 3 is 2.67 bits per heavy atom. The highest BCUT2D eigenvalue weighted by Gasteiger charge is 2.10. The van der Waals surface area contributed by atoms with Gasteiger partial charge in [0.2, 0.25) is 0 Å². The molecule has 0 amide bonds. The molecule has 1 heterocycles. The van der Waals surface area contributed by atoms with Gasteiger partial charge in [-0.25, -0.2) is 13.8 Å². The number of hydrogen-bond donors (Lipinski definition) is 1. The molecule has 0 aliphatic rings. The van der Waals surface area contributed by atoms with Gasteiger partial charge in [-0.3, -0.25) is 0 Å². The predicted molar refractivity (Wildman–Crippen MR) is 43.2 cm³/mol. The van der Waals surface area contributed by atoms with Crippen molar-refractivity contribution < 1.29 is 8.78 Å². The minimum Gasteiger partial charge on any atom is -0.397 e. The molecule has 0 spiro atoms. The smallest absolute Gasteiger partial charge is 0.280 e. The van der Waals surface area contributed by atoms with E-state index in [0.717, 1.165) is 0 Å². The number of rotatable bonds is 2. The number of nitrogen functional groups attached to an aromatic ring is 1. The van der Waals surface area contributed by atoms with Gasteiger partial charge in [0.05, 0.1) is 17.3 Å². The van der Waals surface area contributed by atoms with Crippen molar-refractivity contribution in [3.63, 3.8) is 0 Å². The lowest BCUT2D eigenvalue weighted by atomic mass is 10.3. The summed E-state index contributed by atoms with van der Waals surface area (Å²) in [5.41, 5.74) is 5.76. The highest BCUT2D eigenvalue weighted by atomic mass is 35.5. The van der Waals surface area contributed by atoms with E-state index in [9.17, 15) is 8.78 Å². The van der Waals surface area contributed by atoms with Crippen molar-refractivity contribution >= 4 is 17.3 Å². The summed E-state index contributed by atoms with van der Waals surface area (Å²) in [6.07, 6.45) is -2.58. The maximum Gasteiger partial charge on any atom is 0.280 e. The zero-order valence-electron chi connectivity index (χ0n) is 6.10. The molecule has 1 aromatic heterocycles. The van der Waals surface area contributed by atoms with Crippen LogP contribution in [-0.4, -0.2) is 4.98 Å². The monoisotopic (exact) mass is 192 g/mol. The summed E-state index contributed by atoms with van der Waals surface area (Å²) in [5.74, 6) is 0.0480. The van der Waals surface area contributed by atoms with Crippen molar-refractivity contribution in [1.29, 1.82) is 0 Å². The fraction of sp³-hybridized carbons (Fsp3) is 0.286. The number of anilines is 1. The largest absolute Gasteiger partial charge is 0.397 e. The maximum atomic E-state index is 12.1. The molecule has 12 heavy (non-hydrogen) atoms. The summed E-state index contributed by atoms with van der Waals surface area (Å²) in [6, 6.07) is 2.57. The highest BCUT2D eigenvalue weighted by molar-refractivity contribution is 6.17. The third-order valence-corrected chi connectivity index (χ3v) is 1.63. The molecule has 0 saturated heterocycles. The average molecular weight is 193 g/mol. The van der Waals surface area contributed by atoms with Gasteiger partial charge in [-0.2, -0.15) is 0 Å². The Hall–Kier alpha value is -0.900. The molecule has 66 valence electrons. The first kappa shape index (κ1) is 9.19. The van der Waals surface area contributed by atoms with Crippen LogP contribution in [0.3, 0.4) is 0 Å². The third kappa shape index (κ3) is 1.82. The van der Waals surface area contributed by atoms with Crippen LogP contribution >= 0.6 is 11.6 Å². The van der Waals surface area contributed by atoms with Crippen molar-refractivity contribution in [3.05, 3.63) is 23.5 Å². The minimum absolute atomic E-state index is 0.0480. The Morgan fingerprint density at radius 1 is 1.50 bits per heavy atom. The molecule has 0 aliphatic carbocycles. The number of alkyl halides is 3. The van der Waals surface area contributed by atoms with E-state index >= 15 is 0 Å². The summed E-state index contributed by atoms with van der Waals surface area (Å²) in [7, 11) is 0. The molecule has 0 atom stereocenters. The van der Waals surface area contributed by atoms with Gasteiger partial charge in [0.15, 0.2) is 0 Å². The first-order valence-electron chi connectivity index (χ1n) is 3.24. The van der Waals surface area contributed by atoms with E-state index in [-0.39, 0.29) is 11.6 Å².